The van der Waals surface area contributed by atoms with Crippen molar-refractivity contribution in [2.75, 3.05) is 0 Å². The minimum atomic E-state index is -0.130. The van der Waals surface area contributed by atoms with Crippen LogP contribution < -0.4 is 4.74 Å². The zero-order chi connectivity index (χ0) is 86.0. The maximum atomic E-state index is 14.9. The Morgan fingerprint density at radius 2 is 0.528 bits per heavy atom. The number of carbonyl (C=O) groups is 1. The molecule has 0 bridgehead atoms. The predicted octanol–water partition coefficient (Wildman–Crippen LogP) is 36.0. The standard InChI is InChI=1S/C28H38.C27H40O2.C26H33F.C22H27F.C16H30/c1-21-3-7-23(8-4-21)9-10-24-11-15-26(16-12-24)28-19-17-27(18-20-28)25-13-5-22(2)6-14-25;1-19-3-7-21(8-4-19)23-11-13-25(14-12-23)27(28)29-26-17-15-24(16-18-26)22-9-5-20(2)6-10-22;1-18-3-7-20(8-4-18)21-11-13-23(14-12-21)25-16-15-24(17-26(25)27)22-9-5-19(2)6-10-22;1-16-3-6-18(7-4-16)8-9-19-10-12-20(13-11-19)21-14-5-17(2)15-22(21)23;1-13-3-7-15(8-4-13)11-12-16-9-5-14(2)6-10-16/h11-12,15-23,25H,3-10,13-14H2,1-2H3;15-23,25H,3-14H2,1-2H3;11-20,22H,3-10H2,1-2H3;5,10-16,18H,3-4,6-9H2,1-2H3;13-16H,3-12H2,1-2H3. The second kappa shape index (κ2) is 48.3. The number of benzene rings is 7. The summed E-state index contributed by atoms with van der Waals surface area (Å²) in [6.07, 6.45) is 62.8. The van der Waals surface area contributed by atoms with E-state index in [2.05, 4.69) is 178 Å². The fourth-order valence-corrected chi connectivity index (χ4v) is 24.1. The average molecular weight is 1670 g/mol. The van der Waals surface area contributed by atoms with Crippen LogP contribution in [0.3, 0.4) is 0 Å². The maximum absolute atomic E-state index is 14.9. The molecule has 0 N–H and O–H groups in total. The van der Waals surface area contributed by atoms with Crippen LogP contribution in [0.1, 0.15) is 407 Å². The van der Waals surface area contributed by atoms with E-state index in [0.29, 0.717) is 23.3 Å². The van der Waals surface area contributed by atoms with Crippen molar-refractivity contribution >= 4 is 5.97 Å². The Hall–Kier alpha value is -6.13. The molecule has 4 heteroatoms. The number of halogens is 2. The molecule has 0 amide bonds. The maximum Gasteiger partial charge on any atom is 0.314 e. The van der Waals surface area contributed by atoms with Crippen molar-refractivity contribution in [1.29, 1.82) is 0 Å². The van der Waals surface area contributed by atoms with E-state index in [1.54, 1.807) is 30.5 Å². The first kappa shape index (κ1) is 94.5. The summed E-state index contributed by atoms with van der Waals surface area (Å²) < 4.78 is 34.7. The molecular weight excluding hydrogens is 1500 g/mol. The van der Waals surface area contributed by atoms with Gasteiger partial charge in [0, 0.05) is 11.1 Å². The molecule has 0 heterocycles. The van der Waals surface area contributed by atoms with Crippen molar-refractivity contribution in [3.05, 3.63) is 208 Å². The summed E-state index contributed by atoms with van der Waals surface area (Å²) in [6, 6.07) is 55.8. The highest BCUT2D eigenvalue weighted by molar-refractivity contribution is 5.75. The molecule has 10 fully saturated rings. The number of hydrogen-bond donors (Lipinski definition) is 0. The largest absolute Gasteiger partial charge is 0.426 e. The number of rotatable bonds is 19. The zero-order valence-corrected chi connectivity index (χ0v) is 79.2. The average Bonchev–Trinajstić information content (AvgIpc) is 0.800. The molecule has 17 rings (SSSR count). The molecular formula is C119H168F2O2. The van der Waals surface area contributed by atoms with Crippen LogP contribution in [0.25, 0.3) is 33.4 Å². The van der Waals surface area contributed by atoms with E-state index in [4.69, 9.17) is 4.74 Å². The van der Waals surface area contributed by atoms with Gasteiger partial charge in [-0.3, -0.25) is 4.79 Å². The van der Waals surface area contributed by atoms with Gasteiger partial charge in [0.25, 0.3) is 0 Å². The molecule has 670 valence electrons. The number of carbonyl (C=O) groups excluding carboxylic acids is 1. The zero-order valence-electron chi connectivity index (χ0n) is 79.2. The van der Waals surface area contributed by atoms with E-state index < -0.39 is 0 Å². The second-order valence-corrected chi connectivity index (χ2v) is 44.0. The Bertz CT molecular complexity index is 4110. The van der Waals surface area contributed by atoms with Gasteiger partial charge in [0.05, 0.1) is 5.92 Å². The lowest BCUT2D eigenvalue weighted by molar-refractivity contribution is -0.140. The molecule has 10 aliphatic carbocycles. The van der Waals surface area contributed by atoms with E-state index in [1.807, 2.05) is 37.3 Å². The molecule has 0 spiro atoms. The van der Waals surface area contributed by atoms with Crippen molar-refractivity contribution in [3.8, 4) is 39.1 Å². The smallest absolute Gasteiger partial charge is 0.314 e. The third-order valence-corrected chi connectivity index (χ3v) is 33.9. The molecule has 2 nitrogen and oxygen atoms in total. The van der Waals surface area contributed by atoms with Gasteiger partial charge >= 0.3 is 5.97 Å². The Balaban J connectivity index is 0.000000134. The fourth-order valence-electron chi connectivity index (χ4n) is 24.1. The number of ether oxygens (including phenoxy) is 1. The quantitative estimate of drug-likeness (QED) is 0.0596. The Morgan fingerprint density at radius 3 is 0.870 bits per heavy atom. The van der Waals surface area contributed by atoms with Crippen LogP contribution in [0.15, 0.2) is 158 Å². The third kappa shape index (κ3) is 29.7. The summed E-state index contributed by atoms with van der Waals surface area (Å²) in [5, 5.41) is 0. The fraction of sp³-hybridized carbons (Fsp3) is 0.639. The summed E-state index contributed by atoms with van der Waals surface area (Å²) in [6.45, 7) is 23.4. The minimum Gasteiger partial charge on any atom is -0.426 e. The predicted molar refractivity (Wildman–Crippen MR) is 521 cm³/mol. The van der Waals surface area contributed by atoms with Gasteiger partial charge in [-0.1, -0.05) is 376 Å². The van der Waals surface area contributed by atoms with E-state index in [-0.39, 0.29) is 23.5 Å². The Labute approximate surface area is 749 Å². The van der Waals surface area contributed by atoms with Gasteiger partial charge in [-0.15, -0.1) is 0 Å². The SMILES string of the molecule is CC1CCC(CCC2CCC(C)CC2)CC1.CC1CCC(CCc2ccc(-c3ccc(C4CCC(C)CC4)cc3)cc2)CC1.CC1CCC(c2ccc(-c3ccc(C4CCC(C)CC4)cc3F)cc2)CC1.CC1CCC(c2ccc(OC(=O)C3CCC(C4CCC(C)CC4)CC3)cc2)CC1.Cc1ccc(-c2ccc(CCC3CCC(C)CC3)cc2)c(F)c1. The van der Waals surface area contributed by atoms with Gasteiger partial charge in [-0.25, -0.2) is 8.78 Å². The highest BCUT2D eigenvalue weighted by atomic mass is 19.1. The number of esters is 1. The molecule has 0 unspecified atom stereocenters. The summed E-state index contributed by atoms with van der Waals surface area (Å²) in [5.41, 5.74) is 15.6. The van der Waals surface area contributed by atoms with Crippen LogP contribution in [0, 0.1) is 113 Å². The van der Waals surface area contributed by atoms with E-state index in [1.165, 1.54) is 302 Å². The lowest BCUT2D eigenvalue weighted by Gasteiger charge is -2.36. The molecule has 0 atom stereocenters. The Kier molecular flexibility index (Phi) is 37.1. The third-order valence-electron chi connectivity index (χ3n) is 33.9. The van der Waals surface area contributed by atoms with Crippen molar-refractivity contribution < 1.29 is 18.3 Å². The van der Waals surface area contributed by atoms with Crippen LogP contribution in [-0.4, -0.2) is 5.97 Å². The molecule has 7 aromatic rings. The molecule has 0 aromatic heterocycles. The lowest BCUT2D eigenvalue weighted by atomic mass is 9.69. The molecule has 10 aliphatic rings. The van der Waals surface area contributed by atoms with Gasteiger partial charge < -0.3 is 4.74 Å². The van der Waals surface area contributed by atoms with Crippen LogP contribution in [-0.2, 0) is 17.6 Å². The Morgan fingerprint density at radius 1 is 0.268 bits per heavy atom. The van der Waals surface area contributed by atoms with Crippen LogP contribution in [0.5, 0.6) is 5.75 Å². The monoisotopic (exact) mass is 1670 g/mol. The summed E-state index contributed by atoms with van der Waals surface area (Å²) >= 11 is 0. The molecule has 0 saturated heterocycles. The topological polar surface area (TPSA) is 26.3 Å². The number of hydrogen-bond acceptors (Lipinski definition) is 2. The second-order valence-electron chi connectivity index (χ2n) is 44.0. The highest BCUT2D eigenvalue weighted by Crippen LogP contribution is 2.46. The van der Waals surface area contributed by atoms with Gasteiger partial charge in [0.15, 0.2) is 0 Å². The number of aryl methyl sites for hydroxylation is 3. The summed E-state index contributed by atoms with van der Waals surface area (Å²) in [7, 11) is 0. The van der Waals surface area contributed by atoms with Gasteiger partial charge in [0.1, 0.15) is 17.4 Å². The van der Waals surface area contributed by atoms with Crippen molar-refractivity contribution in [3.63, 3.8) is 0 Å². The molecule has 123 heavy (non-hydrogen) atoms. The van der Waals surface area contributed by atoms with E-state index >= 15 is 0 Å². The normalized spacial score (nSPS) is 30.5. The molecule has 7 aromatic carbocycles. The van der Waals surface area contributed by atoms with Crippen molar-refractivity contribution in [2.24, 2.45) is 94.7 Å². The summed E-state index contributed by atoms with van der Waals surface area (Å²) in [4.78, 5) is 12.7. The van der Waals surface area contributed by atoms with E-state index in [9.17, 15) is 13.6 Å². The molecule has 0 aliphatic heterocycles. The first-order chi connectivity index (χ1) is 59.7. The van der Waals surface area contributed by atoms with Crippen molar-refractivity contribution in [1.82, 2.24) is 0 Å². The van der Waals surface area contributed by atoms with Gasteiger partial charge in [0.2, 0.25) is 0 Å². The van der Waals surface area contributed by atoms with Gasteiger partial charge in [-0.05, 0) is 320 Å². The van der Waals surface area contributed by atoms with Crippen molar-refractivity contribution in [2.45, 2.75) is 388 Å². The van der Waals surface area contributed by atoms with E-state index in [0.717, 1.165) is 142 Å². The first-order valence-electron chi connectivity index (χ1n) is 52.0. The van der Waals surface area contributed by atoms with Crippen LogP contribution >= 0.6 is 0 Å². The molecule has 10 saturated carbocycles. The van der Waals surface area contributed by atoms with Crippen LogP contribution in [0.4, 0.5) is 8.78 Å². The van der Waals surface area contributed by atoms with Crippen LogP contribution in [0.2, 0.25) is 0 Å². The van der Waals surface area contributed by atoms with Gasteiger partial charge in [-0.2, -0.15) is 0 Å². The summed E-state index contributed by atoms with van der Waals surface area (Å²) in [5.74, 6) is 17.5. The molecule has 0 radical (unpaired) electrons. The lowest BCUT2D eigenvalue weighted by Crippen LogP contribution is -2.29. The minimum absolute atomic E-state index is 0.0000393. The highest BCUT2D eigenvalue weighted by Gasteiger charge is 2.35. The first-order valence-corrected chi connectivity index (χ1v) is 52.0.